The molecule has 1 amide bonds. The molecule has 6 aromatic rings. The Morgan fingerprint density at radius 2 is 1.64 bits per heavy atom. The van der Waals surface area contributed by atoms with E-state index >= 15 is 4.39 Å². The number of halogens is 1. The van der Waals surface area contributed by atoms with Crippen LogP contribution in [0.1, 0.15) is 36.1 Å². The topological polar surface area (TPSA) is 130 Å². The first-order valence-electron chi connectivity index (χ1n) is 17.5. The second-order valence-corrected chi connectivity index (χ2v) is 13.7. The Morgan fingerprint density at radius 1 is 0.891 bits per heavy atom. The standard InChI is InChI=1S/C42H38FN3O8S/c1-24(2)53-37-21-25(20-36(51-4)39(37)52-5)19-31-38(28-13-15-33-34(22-28)45-55-44-33)40(47)54-42(31,29-14-16-35(50-3)32(43)23-29)46(41(48)49)18-17-27-11-8-10-26-9-6-7-12-30(26)27/h6-16,20-24H,17-19H2,1-5H3,(H,48,49). The van der Waals surface area contributed by atoms with Gasteiger partial charge in [0.05, 0.1) is 44.7 Å². The molecule has 0 saturated heterocycles. The minimum Gasteiger partial charge on any atom is -0.494 e. The molecule has 7 rings (SSSR count). The number of rotatable bonds is 13. The number of nitrogens with zero attached hydrogens (tertiary/aromatic N) is 3. The van der Waals surface area contributed by atoms with Gasteiger partial charge in [0, 0.05) is 24.1 Å². The third-order valence-corrected chi connectivity index (χ3v) is 10.1. The van der Waals surface area contributed by atoms with E-state index < -0.39 is 23.6 Å². The van der Waals surface area contributed by atoms with Crippen molar-refractivity contribution in [3.05, 3.63) is 125 Å². The highest BCUT2D eigenvalue weighted by Gasteiger charge is 2.55. The van der Waals surface area contributed by atoms with Gasteiger partial charge in [-0.1, -0.05) is 48.5 Å². The van der Waals surface area contributed by atoms with Crippen molar-refractivity contribution in [1.82, 2.24) is 13.6 Å². The zero-order chi connectivity index (χ0) is 38.9. The number of benzene rings is 5. The lowest BCUT2D eigenvalue weighted by Gasteiger charge is -2.40. The van der Waals surface area contributed by atoms with E-state index in [1.807, 2.05) is 56.3 Å². The van der Waals surface area contributed by atoms with Crippen LogP contribution in [0.3, 0.4) is 0 Å². The first kappa shape index (κ1) is 37.1. The van der Waals surface area contributed by atoms with E-state index in [1.165, 1.54) is 33.5 Å². The molecule has 55 heavy (non-hydrogen) atoms. The second kappa shape index (κ2) is 15.3. The predicted octanol–water partition coefficient (Wildman–Crippen LogP) is 8.43. The summed E-state index contributed by atoms with van der Waals surface area (Å²) in [6, 6.07) is 26.3. The van der Waals surface area contributed by atoms with E-state index in [9.17, 15) is 14.7 Å². The Hall–Kier alpha value is -6.21. The van der Waals surface area contributed by atoms with Crippen molar-refractivity contribution in [1.29, 1.82) is 0 Å². The van der Waals surface area contributed by atoms with Gasteiger partial charge in [-0.2, -0.15) is 8.75 Å². The van der Waals surface area contributed by atoms with Gasteiger partial charge in [0.1, 0.15) is 11.0 Å². The van der Waals surface area contributed by atoms with Crippen molar-refractivity contribution < 1.29 is 42.8 Å². The van der Waals surface area contributed by atoms with Crippen LogP contribution in [0.25, 0.3) is 27.4 Å². The molecule has 0 saturated carbocycles. The van der Waals surface area contributed by atoms with Crippen molar-refractivity contribution in [2.24, 2.45) is 0 Å². The number of hydrogen-bond donors (Lipinski definition) is 1. The van der Waals surface area contributed by atoms with Gasteiger partial charge in [-0.15, -0.1) is 0 Å². The first-order chi connectivity index (χ1) is 26.6. The molecule has 13 heteroatoms. The molecule has 1 N–H and O–H groups in total. The van der Waals surface area contributed by atoms with Crippen LogP contribution in [0.5, 0.6) is 23.0 Å². The summed E-state index contributed by atoms with van der Waals surface area (Å²) in [5.74, 6) is -0.546. The summed E-state index contributed by atoms with van der Waals surface area (Å²) < 4.78 is 53.7. The van der Waals surface area contributed by atoms with Crippen molar-refractivity contribution in [2.45, 2.75) is 38.5 Å². The maximum Gasteiger partial charge on any atom is 0.410 e. The third kappa shape index (κ3) is 6.87. The molecule has 0 bridgehead atoms. The Labute approximate surface area is 320 Å². The number of hydrogen-bond acceptors (Lipinski definition) is 10. The Kier molecular flexibility index (Phi) is 10.3. The summed E-state index contributed by atoms with van der Waals surface area (Å²) in [5.41, 5.74) is 1.31. The van der Waals surface area contributed by atoms with Crippen molar-refractivity contribution in [3.8, 4) is 23.0 Å². The van der Waals surface area contributed by atoms with Gasteiger partial charge < -0.3 is 28.8 Å². The Morgan fingerprint density at radius 3 is 2.36 bits per heavy atom. The van der Waals surface area contributed by atoms with Crippen LogP contribution >= 0.6 is 11.7 Å². The fraction of sp³-hybridized carbons (Fsp3) is 0.238. The minimum absolute atomic E-state index is 0.0606. The first-order valence-corrected chi connectivity index (χ1v) is 18.2. The zero-order valence-corrected chi connectivity index (χ0v) is 31.6. The summed E-state index contributed by atoms with van der Waals surface area (Å²) in [4.78, 5) is 29.3. The third-order valence-electron chi connectivity index (χ3n) is 9.58. The van der Waals surface area contributed by atoms with E-state index in [2.05, 4.69) is 8.75 Å². The lowest BCUT2D eigenvalue weighted by molar-refractivity contribution is -0.161. The van der Waals surface area contributed by atoms with Crippen LogP contribution in [0, 0.1) is 5.82 Å². The normalized spacial score (nSPS) is 15.4. The highest BCUT2D eigenvalue weighted by molar-refractivity contribution is 7.00. The highest BCUT2D eigenvalue weighted by atomic mass is 32.1. The molecule has 0 aliphatic carbocycles. The van der Waals surface area contributed by atoms with Crippen LogP contribution in [-0.2, 0) is 28.1 Å². The van der Waals surface area contributed by atoms with E-state index in [0.717, 1.165) is 39.0 Å². The van der Waals surface area contributed by atoms with E-state index in [4.69, 9.17) is 23.7 Å². The molecule has 1 unspecified atom stereocenters. The van der Waals surface area contributed by atoms with E-state index in [-0.39, 0.29) is 47.9 Å². The molecule has 1 atom stereocenters. The summed E-state index contributed by atoms with van der Waals surface area (Å²) in [6.07, 6.45) is -1.45. The summed E-state index contributed by atoms with van der Waals surface area (Å²) >= 11 is 1.03. The number of carbonyl (C=O) groups is 2. The number of carbonyl (C=O) groups excluding carboxylic acids is 1. The van der Waals surface area contributed by atoms with Crippen molar-refractivity contribution in [3.63, 3.8) is 0 Å². The molecule has 2 heterocycles. The molecule has 0 fully saturated rings. The predicted molar refractivity (Wildman–Crippen MR) is 206 cm³/mol. The van der Waals surface area contributed by atoms with Crippen LogP contribution in [0.15, 0.2) is 96.6 Å². The summed E-state index contributed by atoms with van der Waals surface area (Å²) in [6.45, 7) is 3.61. The fourth-order valence-corrected chi connectivity index (χ4v) is 7.74. The number of methoxy groups -OCH3 is 3. The molecular formula is C42H38FN3O8S. The van der Waals surface area contributed by atoms with Gasteiger partial charge >= 0.3 is 12.1 Å². The number of cyclic esters (lactones) is 1. The summed E-state index contributed by atoms with van der Waals surface area (Å²) in [7, 11) is 4.33. The number of ether oxygens (including phenoxy) is 5. The lowest BCUT2D eigenvalue weighted by atomic mass is 9.84. The van der Waals surface area contributed by atoms with E-state index in [0.29, 0.717) is 39.4 Å². The van der Waals surface area contributed by atoms with Crippen molar-refractivity contribution in [2.75, 3.05) is 27.9 Å². The number of fused-ring (bicyclic) bond motifs is 2. The minimum atomic E-state index is -2.16. The zero-order valence-electron chi connectivity index (χ0n) is 30.8. The SMILES string of the molecule is COc1ccc(C2(N(CCc3cccc4ccccc34)C(=O)O)OC(=O)C(c3ccc4nsnc4c3)=C2Cc2cc(OC)c(OC)c(OC(C)C)c2)cc1F. The van der Waals surface area contributed by atoms with Gasteiger partial charge in [0.25, 0.3) is 0 Å². The molecular weight excluding hydrogens is 726 g/mol. The molecule has 1 aliphatic rings. The van der Waals surface area contributed by atoms with E-state index in [1.54, 1.807) is 30.3 Å². The van der Waals surface area contributed by atoms with Gasteiger partial charge in [0.15, 0.2) is 23.1 Å². The second-order valence-electron chi connectivity index (χ2n) is 13.2. The Balaban J connectivity index is 1.49. The molecule has 0 radical (unpaired) electrons. The smallest absolute Gasteiger partial charge is 0.410 e. The monoisotopic (exact) mass is 763 g/mol. The molecule has 282 valence electrons. The van der Waals surface area contributed by atoms with Crippen LogP contribution in [0.2, 0.25) is 0 Å². The molecule has 0 spiro atoms. The quantitative estimate of drug-likeness (QED) is 0.115. The lowest BCUT2D eigenvalue weighted by Crippen LogP contribution is -2.52. The van der Waals surface area contributed by atoms with Gasteiger partial charge in [0.2, 0.25) is 11.5 Å². The molecule has 1 aromatic heterocycles. The number of amides is 1. The fourth-order valence-electron chi connectivity index (χ4n) is 7.22. The summed E-state index contributed by atoms with van der Waals surface area (Å²) in [5, 5.41) is 13.1. The van der Waals surface area contributed by atoms with Crippen molar-refractivity contribution >= 4 is 51.2 Å². The number of aromatic nitrogens is 2. The Bertz CT molecular complexity index is 2460. The molecule has 1 aliphatic heterocycles. The van der Waals surface area contributed by atoms with Crippen LogP contribution in [0.4, 0.5) is 9.18 Å². The molecule has 5 aromatic carbocycles. The average molecular weight is 764 g/mol. The maximum atomic E-state index is 15.8. The number of carboxylic acid groups (broad SMARTS) is 1. The largest absolute Gasteiger partial charge is 0.494 e. The maximum absolute atomic E-state index is 15.8. The van der Waals surface area contributed by atoms with Crippen LogP contribution < -0.4 is 18.9 Å². The van der Waals surface area contributed by atoms with Gasteiger partial charge in [-0.05, 0) is 90.2 Å². The molecule has 11 nitrogen and oxygen atoms in total. The highest BCUT2D eigenvalue weighted by Crippen LogP contribution is 2.51. The number of esters is 1. The van der Waals surface area contributed by atoms with Gasteiger partial charge in [-0.25, -0.2) is 14.0 Å². The van der Waals surface area contributed by atoms with Crippen LogP contribution in [-0.4, -0.2) is 64.8 Å². The average Bonchev–Trinajstić information content (AvgIpc) is 3.76. The van der Waals surface area contributed by atoms with Gasteiger partial charge in [-0.3, -0.25) is 4.90 Å².